The largest absolute Gasteiger partial charge is 0.300 e. The van der Waals surface area contributed by atoms with Gasteiger partial charge < -0.3 is 0 Å². The van der Waals surface area contributed by atoms with Gasteiger partial charge in [-0.25, -0.2) is 13.2 Å². The molecular weight excluding hydrogens is 205 g/mol. The van der Waals surface area contributed by atoms with E-state index in [1.807, 2.05) is 0 Å². The number of Topliss-reactive ketones (excluding diaryl/α,β-unsaturated/α-hetero) is 1. The lowest BCUT2D eigenvalue weighted by molar-refractivity contribution is -0.118. The molecule has 0 N–H and O–H groups in total. The van der Waals surface area contributed by atoms with E-state index in [1.54, 1.807) is 0 Å². The van der Waals surface area contributed by atoms with Crippen LogP contribution >= 0.6 is 0 Å². The van der Waals surface area contributed by atoms with Gasteiger partial charge in [-0.3, -0.25) is 4.79 Å². The molecule has 80 valence electrons. The van der Waals surface area contributed by atoms with Gasteiger partial charge in [0, 0.05) is 5.92 Å². The Morgan fingerprint density at radius 3 is 2.20 bits per heavy atom. The molecule has 2 rings (SSSR count). The average molecular weight is 214 g/mol. The van der Waals surface area contributed by atoms with E-state index in [-0.39, 0.29) is 17.6 Å². The average Bonchev–Trinajstić information content (AvgIpc) is 2.92. The van der Waals surface area contributed by atoms with Gasteiger partial charge in [0.1, 0.15) is 5.78 Å². The van der Waals surface area contributed by atoms with Gasteiger partial charge in [-0.1, -0.05) is 0 Å². The first kappa shape index (κ1) is 10.2. The molecule has 0 bridgehead atoms. The first-order chi connectivity index (χ1) is 7.00. The highest BCUT2D eigenvalue weighted by Crippen LogP contribution is 2.48. The van der Waals surface area contributed by atoms with E-state index < -0.39 is 17.5 Å². The Labute approximate surface area is 84.9 Å². The van der Waals surface area contributed by atoms with Crippen LogP contribution in [0.5, 0.6) is 0 Å². The van der Waals surface area contributed by atoms with E-state index in [9.17, 15) is 18.0 Å². The van der Waals surface area contributed by atoms with Crippen LogP contribution in [0, 0.1) is 23.4 Å². The predicted molar refractivity (Wildman–Crippen MR) is 47.8 cm³/mol. The van der Waals surface area contributed by atoms with Crippen LogP contribution in [0.1, 0.15) is 24.8 Å². The maximum absolute atomic E-state index is 12.9. The van der Waals surface area contributed by atoms with Crippen LogP contribution in [-0.4, -0.2) is 5.78 Å². The van der Waals surface area contributed by atoms with Crippen LogP contribution in [0.2, 0.25) is 0 Å². The summed E-state index contributed by atoms with van der Waals surface area (Å²) in [7, 11) is 0. The Balaban J connectivity index is 2.28. The van der Waals surface area contributed by atoms with E-state index in [2.05, 4.69) is 0 Å². The van der Waals surface area contributed by atoms with Gasteiger partial charge in [0.05, 0.1) is 0 Å². The summed E-state index contributed by atoms with van der Waals surface area (Å²) in [6.45, 7) is 1.45. The van der Waals surface area contributed by atoms with Gasteiger partial charge in [-0.2, -0.15) is 0 Å². The van der Waals surface area contributed by atoms with Crippen molar-refractivity contribution >= 4 is 5.78 Å². The number of carbonyl (C=O) groups excluding carboxylic acids is 1. The van der Waals surface area contributed by atoms with Crippen molar-refractivity contribution in [2.45, 2.75) is 19.3 Å². The molecule has 1 fully saturated rings. The minimum absolute atomic E-state index is 0.00476. The molecule has 1 nitrogen and oxygen atoms in total. The van der Waals surface area contributed by atoms with E-state index >= 15 is 0 Å². The second kappa shape index (κ2) is 3.36. The molecule has 4 heteroatoms. The van der Waals surface area contributed by atoms with Crippen LogP contribution < -0.4 is 0 Å². The highest BCUT2D eigenvalue weighted by Gasteiger charge is 2.42. The molecule has 15 heavy (non-hydrogen) atoms. The third-order valence-electron chi connectivity index (χ3n) is 2.75. The zero-order valence-corrected chi connectivity index (χ0v) is 8.06. The maximum atomic E-state index is 12.9. The number of benzene rings is 1. The third kappa shape index (κ3) is 1.76. The van der Waals surface area contributed by atoms with Gasteiger partial charge in [0.2, 0.25) is 0 Å². The summed E-state index contributed by atoms with van der Waals surface area (Å²) in [6, 6.07) is 1.93. The predicted octanol–water partition coefficient (Wildman–Crippen LogP) is 2.80. The number of carbonyl (C=O) groups is 1. The standard InChI is InChI=1S/C11H9F3O/c1-5(15)7-4-8(7)6-2-9(12)11(14)10(13)3-6/h2-3,7-8H,4H2,1H3. The van der Waals surface area contributed by atoms with E-state index in [4.69, 9.17) is 0 Å². The molecule has 2 unspecified atom stereocenters. The van der Waals surface area contributed by atoms with Crippen molar-refractivity contribution in [3.8, 4) is 0 Å². The second-order valence-electron chi connectivity index (χ2n) is 3.86. The Kier molecular flexibility index (Phi) is 2.29. The van der Waals surface area contributed by atoms with Crippen molar-refractivity contribution < 1.29 is 18.0 Å². The number of halogens is 3. The van der Waals surface area contributed by atoms with Crippen molar-refractivity contribution in [3.05, 3.63) is 35.1 Å². The van der Waals surface area contributed by atoms with Crippen molar-refractivity contribution in [2.24, 2.45) is 5.92 Å². The summed E-state index contributed by atoms with van der Waals surface area (Å²) in [5.41, 5.74) is 0.367. The van der Waals surface area contributed by atoms with E-state index in [0.717, 1.165) is 12.1 Å². The first-order valence-electron chi connectivity index (χ1n) is 4.65. The fourth-order valence-corrected chi connectivity index (χ4v) is 1.80. The maximum Gasteiger partial charge on any atom is 0.194 e. The van der Waals surface area contributed by atoms with Crippen LogP contribution in [0.3, 0.4) is 0 Å². The minimum Gasteiger partial charge on any atom is -0.300 e. The minimum atomic E-state index is -1.46. The number of ketones is 1. The Morgan fingerprint density at radius 1 is 1.27 bits per heavy atom. The van der Waals surface area contributed by atoms with Crippen LogP contribution in [0.15, 0.2) is 12.1 Å². The SMILES string of the molecule is CC(=O)C1CC1c1cc(F)c(F)c(F)c1. The van der Waals surface area contributed by atoms with Gasteiger partial charge in [0.25, 0.3) is 0 Å². The smallest absolute Gasteiger partial charge is 0.194 e. The highest BCUT2D eigenvalue weighted by atomic mass is 19.2. The van der Waals surface area contributed by atoms with Crippen molar-refractivity contribution in [1.82, 2.24) is 0 Å². The monoisotopic (exact) mass is 214 g/mol. The van der Waals surface area contributed by atoms with Gasteiger partial charge in [-0.05, 0) is 37.0 Å². The Morgan fingerprint density at radius 2 is 1.80 bits per heavy atom. The molecule has 1 aromatic rings. The summed E-state index contributed by atoms with van der Waals surface area (Å²) < 4.78 is 38.3. The quantitative estimate of drug-likeness (QED) is 0.692. The molecule has 0 aliphatic heterocycles. The molecule has 0 aromatic heterocycles. The van der Waals surface area contributed by atoms with Gasteiger partial charge in [-0.15, -0.1) is 0 Å². The third-order valence-corrected chi connectivity index (χ3v) is 2.75. The fraction of sp³-hybridized carbons (Fsp3) is 0.364. The van der Waals surface area contributed by atoms with Crippen LogP contribution in [-0.2, 0) is 4.79 Å². The zero-order valence-electron chi connectivity index (χ0n) is 8.06. The lowest BCUT2D eigenvalue weighted by Gasteiger charge is -2.01. The van der Waals surface area contributed by atoms with E-state index in [0.29, 0.717) is 12.0 Å². The van der Waals surface area contributed by atoms with Crippen LogP contribution in [0.25, 0.3) is 0 Å². The fourth-order valence-electron chi connectivity index (χ4n) is 1.80. The second-order valence-corrected chi connectivity index (χ2v) is 3.86. The molecule has 1 saturated carbocycles. The molecule has 2 atom stereocenters. The molecule has 1 aliphatic carbocycles. The molecule has 1 aliphatic rings. The van der Waals surface area contributed by atoms with Crippen molar-refractivity contribution in [2.75, 3.05) is 0 Å². The van der Waals surface area contributed by atoms with Crippen LogP contribution in [0.4, 0.5) is 13.2 Å². The summed E-state index contributed by atoms with van der Waals surface area (Å²) in [4.78, 5) is 11.0. The number of rotatable bonds is 2. The molecular formula is C11H9F3O. The summed E-state index contributed by atoms with van der Waals surface area (Å²) in [5, 5.41) is 0. The van der Waals surface area contributed by atoms with Crippen molar-refractivity contribution in [1.29, 1.82) is 0 Å². The van der Waals surface area contributed by atoms with E-state index in [1.165, 1.54) is 6.92 Å². The molecule has 0 heterocycles. The number of hydrogen-bond donors (Lipinski definition) is 0. The molecule has 1 aromatic carbocycles. The summed E-state index contributed by atoms with van der Waals surface area (Å²) >= 11 is 0. The molecule has 0 saturated heterocycles. The lowest BCUT2D eigenvalue weighted by Crippen LogP contribution is -1.98. The molecule has 0 spiro atoms. The Bertz CT molecular complexity index is 405. The normalized spacial score (nSPS) is 24.0. The lowest BCUT2D eigenvalue weighted by atomic mass is 10.1. The molecule has 0 radical (unpaired) electrons. The number of hydrogen-bond acceptors (Lipinski definition) is 1. The van der Waals surface area contributed by atoms with Crippen molar-refractivity contribution in [3.63, 3.8) is 0 Å². The molecule has 0 amide bonds. The van der Waals surface area contributed by atoms with Gasteiger partial charge >= 0.3 is 0 Å². The van der Waals surface area contributed by atoms with Gasteiger partial charge in [0.15, 0.2) is 17.5 Å². The zero-order chi connectivity index (χ0) is 11.2. The Hall–Kier alpha value is -1.32. The topological polar surface area (TPSA) is 17.1 Å². The summed E-state index contributed by atoms with van der Waals surface area (Å²) in [5.74, 6) is -4.15. The highest BCUT2D eigenvalue weighted by molar-refractivity contribution is 5.82. The first-order valence-corrected chi connectivity index (χ1v) is 4.65. The summed E-state index contributed by atoms with van der Waals surface area (Å²) in [6.07, 6.45) is 0.597.